The highest BCUT2D eigenvalue weighted by Crippen LogP contribution is 2.61. The summed E-state index contributed by atoms with van der Waals surface area (Å²) in [6.07, 6.45) is 4.01. The Balaban J connectivity index is 1.76. The largest absolute Gasteiger partial charge is 0.493 e. The molecule has 0 amide bonds. The summed E-state index contributed by atoms with van der Waals surface area (Å²) in [6, 6.07) is 3.56. The molecule has 1 aromatic carbocycles. The van der Waals surface area contributed by atoms with Crippen LogP contribution in [0, 0.1) is 17.3 Å². The number of benzene rings is 1. The fourth-order valence-electron chi connectivity index (χ4n) is 5.77. The summed E-state index contributed by atoms with van der Waals surface area (Å²) >= 11 is 0. The van der Waals surface area contributed by atoms with Crippen LogP contribution in [0.3, 0.4) is 0 Å². The molecular formula is C21H26O5. The average Bonchev–Trinajstić information content (AvgIpc) is 2.90. The maximum absolute atomic E-state index is 12.9. The standard InChI is InChI=1S/C21H26O5/c1-11(22)26-19-10-15-13(9-18(19)25-3)12-6-7-21(2)16(4-5-20(21)24)14(12)8-17(15)23/h9-10,12,14,16,20,24H,4-8H2,1-3H3/t12-,14-,16+,20+,21+/m1/s1. The summed E-state index contributed by atoms with van der Waals surface area (Å²) in [6.45, 7) is 3.53. The van der Waals surface area contributed by atoms with Crippen LogP contribution >= 0.6 is 0 Å². The van der Waals surface area contributed by atoms with Crippen LogP contribution in [-0.4, -0.2) is 30.1 Å². The van der Waals surface area contributed by atoms with Crippen molar-refractivity contribution in [2.45, 2.75) is 58.0 Å². The molecule has 0 saturated heterocycles. The van der Waals surface area contributed by atoms with Crippen molar-refractivity contribution >= 4 is 11.8 Å². The van der Waals surface area contributed by atoms with E-state index in [9.17, 15) is 14.7 Å². The molecule has 5 atom stereocenters. The SMILES string of the molecule is COc1cc2c(cc1OC(C)=O)C(=O)C[C@@H]1[C@@H]2CC[C@]2(C)[C@@H](O)CC[C@@H]12. The minimum atomic E-state index is -0.433. The Morgan fingerprint density at radius 1 is 1.23 bits per heavy atom. The van der Waals surface area contributed by atoms with Gasteiger partial charge in [-0.2, -0.15) is 0 Å². The number of rotatable bonds is 2. The fraction of sp³-hybridized carbons (Fsp3) is 0.619. The van der Waals surface area contributed by atoms with E-state index in [1.165, 1.54) is 6.92 Å². The zero-order valence-corrected chi connectivity index (χ0v) is 15.6. The number of carbonyl (C=O) groups is 2. The average molecular weight is 358 g/mol. The van der Waals surface area contributed by atoms with E-state index in [1.54, 1.807) is 13.2 Å². The molecule has 0 bridgehead atoms. The summed E-state index contributed by atoms with van der Waals surface area (Å²) in [7, 11) is 1.54. The minimum Gasteiger partial charge on any atom is -0.493 e. The second-order valence-corrected chi connectivity index (χ2v) is 8.33. The highest BCUT2D eigenvalue weighted by Gasteiger charge is 2.55. The molecule has 0 unspecified atom stereocenters. The molecule has 0 spiro atoms. The third kappa shape index (κ3) is 2.48. The molecule has 0 aromatic heterocycles. The Bertz CT molecular complexity index is 770. The number of hydrogen-bond acceptors (Lipinski definition) is 5. The summed E-state index contributed by atoms with van der Waals surface area (Å²) < 4.78 is 10.7. The molecule has 5 heteroatoms. The van der Waals surface area contributed by atoms with Crippen LogP contribution in [0.2, 0.25) is 0 Å². The lowest BCUT2D eigenvalue weighted by atomic mass is 9.55. The second-order valence-electron chi connectivity index (χ2n) is 8.33. The van der Waals surface area contributed by atoms with Gasteiger partial charge in [-0.15, -0.1) is 0 Å². The number of esters is 1. The molecule has 26 heavy (non-hydrogen) atoms. The van der Waals surface area contributed by atoms with E-state index in [0.717, 1.165) is 31.2 Å². The first kappa shape index (κ1) is 17.5. The number of Topliss-reactive ketones (excluding diaryl/α,β-unsaturated/α-hetero) is 1. The van der Waals surface area contributed by atoms with Crippen molar-refractivity contribution in [2.75, 3.05) is 7.11 Å². The molecule has 3 aliphatic rings. The van der Waals surface area contributed by atoms with Gasteiger partial charge in [0.15, 0.2) is 17.3 Å². The summed E-state index contributed by atoms with van der Waals surface area (Å²) in [5.74, 6) is 1.42. The van der Waals surface area contributed by atoms with Crippen LogP contribution in [0.4, 0.5) is 0 Å². The van der Waals surface area contributed by atoms with E-state index >= 15 is 0 Å². The van der Waals surface area contributed by atoms with E-state index in [4.69, 9.17) is 9.47 Å². The quantitative estimate of drug-likeness (QED) is 0.647. The summed E-state index contributed by atoms with van der Waals surface area (Å²) in [4.78, 5) is 24.3. The molecule has 3 aliphatic carbocycles. The molecule has 2 saturated carbocycles. The third-order valence-electron chi connectivity index (χ3n) is 7.10. The number of fused-ring (bicyclic) bond motifs is 5. The molecule has 0 radical (unpaired) electrons. The van der Waals surface area contributed by atoms with Crippen molar-refractivity contribution in [1.82, 2.24) is 0 Å². The molecule has 140 valence electrons. The van der Waals surface area contributed by atoms with E-state index in [0.29, 0.717) is 35.3 Å². The molecule has 2 fully saturated rings. The zero-order valence-electron chi connectivity index (χ0n) is 15.6. The van der Waals surface area contributed by atoms with Gasteiger partial charge in [0, 0.05) is 18.9 Å². The number of carbonyl (C=O) groups excluding carboxylic acids is 2. The van der Waals surface area contributed by atoms with Gasteiger partial charge in [-0.25, -0.2) is 0 Å². The van der Waals surface area contributed by atoms with Gasteiger partial charge in [-0.05, 0) is 66.5 Å². The summed E-state index contributed by atoms with van der Waals surface area (Å²) in [5.41, 5.74) is 1.61. The predicted octanol–water partition coefficient (Wildman–Crippen LogP) is 3.48. The van der Waals surface area contributed by atoms with Gasteiger partial charge >= 0.3 is 5.97 Å². The van der Waals surface area contributed by atoms with Gasteiger partial charge < -0.3 is 14.6 Å². The van der Waals surface area contributed by atoms with Gasteiger partial charge in [0.25, 0.3) is 0 Å². The lowest BCUT2D eigenvalue weighted by molar-refractivity contribution is -0.132. The van der Waals surface area contributed by atoms with Crippen molar-refractivity contribution in [3.63, 3.8) is 0 Å². The monoisotopic (exact) mass is 358 g/mol. The normalized spacial score (nSPS) is 35.3. The maximum atomic E-state index is 12.9. The number of ether oxygens (including phenoxy) is 2. The molecular weight excluding hydrogens is 332 g/mol. The Morgan fingerprint density at radius 2 is 2.00 bits per heavy atom. The summed E-state index contributed by atoms with van der Waals surface area (Å²) in [5, 5.41) is 10.5. The fourth-order valence-corrected chi connectivity index (χ4v) is 5.77. The Labute approximate surface area is 153 Å². The van der Waals surface area contributed by atoms with Crippen LogP contribution in [0.5, 0.6) is 11.5 Å². The first-order chi connectivity index (χ1) is 12.3. The minimum absolute atomic E-state index is 0.0687. The maximum Gasteiger partial charge on any atom is 0.308 e. The van der Waals surface area contributed by atoms with Crippen molar-refractivity contribution in [1.29, 1.82) is 0 Å². The topological polar surface area (TPSA) is 72.8 Å². The third-order valence-corrected chi connectivity index (χ3v) is 7.10. The number of hydrogen-bond donors (Lipinski definition) is 1. The Morgan fingerprint density at radius 3 is 2.69 bits per heavy atom. The zero-order chi connectivity index (χ0) is 18.6. The number of ketones is 1. The van der Waals surface area contributed by atoms with Crippen molar-refractivity contribution in [3.05, 3.63) is 23.3 Å². The highest BCUT2D eigenvalue weighted by atomic mass is 16.6. The van der Waals surface area contributed by atoms with Crippen LogP contribution < -0.4 is 9.47 Å². The van der Waals surface area contributed by atoms with Gasteiger partial charge in [0.2, 0.25) is 0 Å². The highest BCUT2D eigenvalue weighted by molar-refractivity contribution is 6.00. The van der Waals surface area contributed by atoms with Crippen molar-refractivity contribution in [3.8, 4) is 11.5 Å². The molecule has 0 heterocycles. The van der Waals surface area contributed by atoms with Gasteiger partial charge in [0.05, 0.1) is 13.2 Å². The van der Waals surface area contributed by atoms with Crippen LogP contribution in [0.1, 0.15) is 67.8 Å². The number of methoxy groups -OCH3 is 1. The van der Waals surface area contributed by atoms with Crippen LogP contribution in [-0.2, 0) is 4.79 Å². The first-order valence-corrected chi connectivity index (χ1v) is 9.46. The molecule has 5 nitrogen and oxygen atoms in total. The van der Waals surface area contributed by atoms with Crippen molar-refractivity contribution < 1.29 is 24.2 Å². The smallest absolute Gasteiger partial charge is 0.308 e. The molecule has 1 N–H and O–H groups in total. The number of aliphatic hydroxyl groups is 1. The number of aliphatic hydroxyl groups excluding tert-OH is 1. The van der Waals surface area contributed by atoms with E-state index in [2.05, 4.69) is 6.92 Å². The van der Waals surface area contributed by atoms with E-state index in [-0.39, 0.29) is 23.2 Å². The van der Waals surface area contributed by atoms with Crippen molar-refractivity contribution in [2.24, 2.45) is 17.3 Å². The Kier molecular flexibility index (Phi) is 4.10. The lowest BCUT2D eigenvalue weighted by Crippen LogP contribution is -2.44. The van der Waals surface area contributed by atoms with E-state index in [1.807, 2.05) is 6.07 Å². The van der Waals surface area contributed by atoms with Crippen LogP contribution in [0.25, 0.3) is 0 Å². The lowest BCUT2D eigenvalue weighted by Gasteiger charge is -2.49. The van der Waals surface area contributed by atoms with Gasteiger partial charge in [-0.1, -0.05) is 6.92 Å². The van der Waals surface area contributed by atoms with Gasteiger partial charge in [-0.3, -0.25) is 9.59 Å². The molecule has 4 rings (SSSR count). The molecule has 1 aromatic rings. The van der Waals surface area contributed by atoms with Crippen LogP contribution in [0.15, 0.2) is 12.1 Å². The second kappa shape index (κ2) is 6.08. The molecule has 0 aliphatic heterocycles. The van der Waals surface area contributed by atoms with E-state index < -0.39 is 5.97 Å². The van der Waals surface area contributed by atoms with Gasteiger partial charge in [0.1, 0.15) is 0 Å². The Hall–Kier alpha value is -1.88. The first-order valence-electron chi connectivity index (χ1n) is 9.46. The predicted molar refractivity (Wildman–Crippen MR) is 95.6 cm³/mol.